The minimum Gasteiger partial charge on any atom is -0.298 e. The van der Waals surface area contributed by atoms with Crippen LogP contribution in [-0.4, -0.2) is 37.7 Å². The maximum absolute atomic E-state index is 12.0. The standard InChI is InChI=1S/C15H21BrN2O2S/c16-13-4-1-3-12(9-13)10-18-8-2-5-14(11-18)17-21(19,20)15-6-7-15/h1,3-4,9,14-15,17H,2,5-8,10-11H2. The molecule has 6 heteroatoms. The van der Waals surface area contributed by atoms with Gasteiger partial charge in [0.2, 0.25) is 10.0 Å². The zero-order valence-electron chi connectivity index (χ0n) is 12.0. The zero-order chi connectivity index (χ0) is 14.9. The molecule has 0 amide bonds. The number of hydrogen-bond acceptors (Lipinski definition) is 3. The molecule has 1 saturated carbocycles. The summed E-state index contributed by atoms with van der Waals surface area (Å²) < 4.78 is 28.1. The molecule has 0 aromatic heterocycles. The van der Waals surface area contributed by atoms with Gasteiger partial charge in [-0.1, -0.05) is 28.1 Å². The molecule has 2 aliphatic rings. The average Bonchev–Trinajstić information content (AvgIpc) is 3.23. The topological polar surface area (TPSA) is 49.4 Å². The van der Waals surface area contributed by atoms with Gasteiger partial charge in [-0.05, 0) is 49.9 Å². The van der Waals surface area contributed by atoms with E-state index < -0.39 is 10.0 Å². The molecule has 1 aliphatic heterocycles. The Labute approximate surface area is 135 Å². The van der Waals surface area contributed by atoms with Crippen molar-refractivity contribution in [1.29, 1.82) is 0 Å². The van der Waals surface area contributed by atoms with E-state index in [1.165, 1.54) is 5.56 Å². The number of piperidine rings is 1. The van der Waals surface area contributed by atoms with Crippen LogP contribution >= 0.6 is 15.9 Å². The van der Waals surface area contributed by atoms with E-state index in [9.17, 15) is 8.42 Å². The Morgan fingerprint density at radius 2 is 2.10 bits per heavy atom. The highest BCUT2D eigenvalue weighted by atomic mass is 79.9. The van der Waals surface area contributed by atoms with Crippen molar-refractivity contribution in [2.45, 2.75) is 43.5 Å². The highest BCUT2D eigenvalue weighted by Gasteiger charge is 2.37. The normalized spacial score (nSPS) is 24.1. The predicted octanol–water partition coefficient (Wildman–Crippen LogP) is 2.50. The highest BCUT2D eigenvalue weighted by molar-refractivity contribution is 9.10. The van der Waals surface area contributed by atoms with E-state index in [-0.39, 0.29) is 11.3 Å². The van der Waals surface area contributed by atoms with Gasteiger partial charge in [0.15, 0.2) is 0 Å². The molecule has 3 rings (SSSR count). The first kappa shape index (κ1) is 15.5. The van der Waals surface area contributed by atoms with Crippen LogP contribution in [0.3, 0.4) is 0 Å². The molecular weight excluding hydrogens is 352 g/mol. The molecule has 21 heavy (non-hydrogen) atoms. The predicted molar refractivity (Wildman–Crippen MR) is 87.5 cm³/mol. The molecular formula is C15H21BrN2O2S. The van der Waals surface area contributed by atoms with Gasteiger partial charge in [-0.2, -0.15) is 0 Å². The summed E-state index contributed by atoms with van der Waals surface area (Å²) in [6, 6.07) is 8.36. The third-order valence-electron chi connectivity index (χ3n) is 4.09. The lowest BCUT2D eigenvalue weighted by molar-refractivity contribution is 0.194. The van der Waals surface area contributed by atoms with Crippen LogP contribution in [0.25, 0.3) is 0 Å². The van der Waals surface area contributed by atoms with Crippen LogP contribution < -0.4 is 4.72 Å². The molecule has 1 aromatic rings. The van der Waals surface area contributed by atoms with Crippen LogP contribution in [0.2, 0.25) is 0 Å². The SMILES string of the molecule is O=S(=O)(NC1CCCN(Cc2cccc(Br)c2)C1)C1CC1. The van der Waals surface area contributed by atoms with Crippen LogP contribution in [0, 0.1) is 0 Å². The molecule has 0 bridgehead atoms. The molecule has 4 nitrogen and oxygen atoms in total. The third-order valence-corrected chi connectivity index (χ3v) is 6.60. The van der Waals surface area contributed by atoms with E-state index in [4.69, 9.17) is 0 Å². The monoisotopic (exact) mass is 372 g/mol. The van der Waals surface area contributed by atoms with E-state index in [0.29, 0.717) is 0 Å². The van der Waals surface area contributed by atoms with Gasteiger partial charge < -0.3 is 0 Å². The summed E-state index contributed by atoms with van der Waals surface area (Å²) in [6.45, 7) is 2.72. The molecule has 1 saturated heterocycles. The number of hydrogen-bond donors (Lipinski definition) is 1. The van der Waals surface area contributed by atoms with Crippen LogP contribution in [-0.2, 0) is 16.6 Å². The largest absolute Gasteiger partial charge is 0.298 e. The van der Waals surface area contributed by atoms with Crippen LogP contribution in [0.15, 0.2) is 28.7 Å². The van der Waals surface area contributed by atoms with E-state index in [0.717, 1.165) is 49.8 Å². The number of nitrogens with one attached hydrogen (secondary N) is 1. The Balaban J connectivity index is 1.58. The van der Waals surface area contributed by atoms with Gasteiger partial charge in [-0.25, -0.2) is 13.1 Å². The molecule has 1 N–H and O–H groups in total. The van der Waals surface area contributed by atoms with Gasteiger partial charge in [0.1, 0.15) is 0 Å². The number of benzene rings is 1. The maximum Gasteiger partial charge on any atom is 0.214 e. The molecule has 0 spiro atoms. The number of halogens is 1. The molecule has 1 heterocycles. The zero-order valence-corrected chi connectivity index (χ0v) is 14.4. The highest BCUT2D eigenvalue weighted by Crippen LogP contribution is 2.28. The fraction of sp³-hybridized carbons (Fsp3) is 0.600. The number of rotatable bonds is 5. The van der Waals surface area contributed by atoms with Gasteiger partial charge in [0.25, 0.3) is 0 Å². The van der Waals surface area contributed by atoms with Crippen molar-refractivity contribution in [3.05, 3.63) is 34.3 Å². The molecule has 1 atom stereocenters. The number of nitrogens with zero attached hydrogens (tertiary/aromatic N) is 1. The number of sulfonamides is 1. The van der Waals surface area contributed by atoms with Gasteiger partial charge >= 0.3 is 0 Å². The van der Waals surface area contributed by atoms with Crippen LogP contribution in [0.5, 0.6) is 0 Å². The first-order valence-corrected chi connectivity index (χ1v) is 9.85. The fourth-order valence-corrected chi connectivity index (χ4v) is 4.95. The second kappa shape index (κ2) is 6.36. The lowest BCUT2D eigenvalue weighted by Crippen LogP contribution is -2.48. The Bertz CT molecular complexity index is 601. The van der Waals surface area contributed by atoms with Gasteiger partial charge in [0.05, 0.1) is 5.25 Å². The van der Waals surface area contributed by atoms with Crippen molar-refractivity contribution in [3.8, 4) is 0 Å². The van der Waals surface area contributed by atoms with Crippen molar-refractivity contribution >= 4 is 26.0 Å². The molecule has 116 valence electrons. The summed E-state index contributed by atoms with van der Waals surface area (Å²) in [4.78, 5) is 2.34. The van der Waals surface area contributed by atoms with Crippen molar-refractivity contribution in [2.24, 2.45) is 0 Å². The van der Waals surface area contributed by atoms with Crippen LogP contribution in [0.1, 0.15) is 31.2 Å². The maximum atomic E-state index is 12.0. The minimum absolute atomic E-state index is 0.0662. The summed E-state index contributed by atoms with van der Waals surface area (Å²) in [5.41, 5.74) is 1.26. The Kier molecular flexibility index (Phi) is 4.69. The lowest BCUT2D eigenvalue weighted by atomic mass is 10.1. The Morgan fingerprint density at radius 3 is 2.81 bits per heavy atom. The minimum atomic E-state index is -3.07. The van der Waals surface area contributed by atoms with Crippen LogP contribution in [0.4, 0.5) is 0 Å². The summed E-state index contributed by atoms with van der Waals surface area (Å²) >= 11 is 3.49. The lowest BCUT2D eigenvalue weighted by Gasteiger charge is -2.33. The second-order valence-corrected chi connectivity index (χ2v) is 8.97. The van der Waals surface area contributed by atoms with E-state index in [1.54, 1.807) is 0 Å². The Hall–Kier alpha value is -0.430. The van der Waals surface area contributed by atoms with Crippen molar-refractivity contribution in [2.75, 3.05) is 13.1 Å². The van der Waals surface area contributed by atoms with Gasteiger partial charge in [-0.15, -0.1) is 0 Å². The molecule has 1 aliphatic carbocycles. The van der Waals surface area contributed by atoms with Crippen molar-refractivity contribution in [3.63, 3.8) is 0 Å². The number of likely N-dealkylation sites (tertiary alicyclic amines) is 1. The Morgan fingerprint density at radius 1 is 1.29 bits per heavy atom. The van der Waals surface area contributed by atoms with Crippen molar-refractivity contribution < 1.29 is 8.42 Å². The molecule has 1 unspecified atom stereocenters. The fourth-order valence-electron chi connectivity index (χ4n) is 2.90. The molecule has 2 fully saturated rings. The molecule has 0 radical (unpaired) electrons. The first-order chi connectivity index (χ1) is 10.0. The summed E-state index contributed by atoms with van der Waals surface area (Å²) in [5.74, 6) is 0. The summed E-state index contributed by atoms with van der Waals surface area (Å²) in [5, 5.41) is -0.127. The smallest absolute Gasteiger partial charge is 0.214 e. The van der Waals surface area contributed by atoms with Gasteiger partial charge in [-0.3, -0.25) is 4.90 Å². The third kappa shape index (κ3) is 4.28. The van der Waals surface area contributed by atoms with Gasteiger partial charge in [0, 0.05) is 23.6 Å². The first-order valence-electron chi connectivity index (χ1n) is 7.51. The quantitative estimate of drug-likeness (QED) is 0.863. The average molecular weight is 373 g/mol. The summed E-state index contributed by atoms with van der Waals surface area (Å²) in [7, 11) is -3.07. The van der Waals surface area contributed by atoms with E-state index in [2.05, 4.69) is 37.7 Å². The van der Waals surface area contributed by atoms with E-state index >= 15 is 0 Å². The second-order valence-electron chi connectivity index (χ2n) is 6.07. The molecule has 1 aromatic carbocycles. The van der Waals surface area contributed by atoms with Crippen molar-refractivity contribution in [1.82, 2.24) is 9.62 Å². The summed E-state index contributed by atoms with van der Waals surface area (Å²) in [6.07, 6.45) is 3.64. The van der Waals surface area contributed by atoms with E-state index in [1.807, 2.05) is 12.1 Å².